The smallest absolute Gasteiger partial charge is 0.225 e. The van der Waals surface area contributed by atoms with Crippen LogP contribution in [0.1, 0.15) is 38.7 Å². The molecule has 1 fully saturated rings. The van der Waals surface area contributed by atoms with Crippen molar-refractivity contribution < 1.29 is 9.18 Å². The van der Waals surface area contributed by atoms with Gasteiger partial charge in [-0.1, -0.05) is 26.0 Å². The maximum absolute atomic E-state index is 13.1. The molecular formula is C17H24FNO. The van der Waals surface area contributed by atoms with Crippen molar-refractivity contribution in [1.29, 1.82) is 0 Å². The minimum absolute atomic E-state index is 0.0805. The molecule has 2 nitrogen and oxygen atoms in total. The van der Waals surface area contributed by atoms with Gasteiger partial charge in [-0.05, 0) is 49.3 Å². The molecule has 1 amide bonds. The van der Waals surface area contributed by atoms with Crippen LogP contribution in [-0.4, -0.2) is 23.9 Å². The van der Waals surface area contributed by atoms with E-state index in [-0.39, 0.29) is 17.6 Å². The number of benzene rings is 1. The van der Waals surface area contributed by atoms with Gasteiger partial charge in [-0.3, -0.25) is 4.79 Å². The van der Waals surface area contributed by atoms with Crippen molar-refractivity contribution >= 4 is 5.91 Å². The van der Waals surface area contributed by atoms with E-state index < -0.39 is 0 Å². The van der Waals surface area contributed by atoms with Gasteiger partial charge < -0.3 is 4.90 Å². The maximum Gasteiger partial charge on any atom is 0.225 e. The molecule has 0 radical (unpaired) electrons. The Bertz CT molecular complexity index is 458. The Morgan fingerprint density at radius 3 is 2.95 bits per heavy atom. The number of aryl methyl sites for hydroxylation is 1. The fourth-order valence-electron chi connectivity index (χ4n) is 2.93. The fourth-order valence-corrected chi connectivity index (χ4v) is 2.93. The van der Waals surface area contributed by atoms with E-state index in [0.29, 0.717) is 5.92 Å². The van der Waals surface area contributed by atoms with E-state index in [1.54, 1.807) is 12.1 Å². The number of halogens is 1. The second-order valence-electron chi connectivity index (χ2n) is 6.12. The summed E-state index contributed by atoms with van der Waals surface area (Å²) in [5.41, 5.74) is 1.05. The summed E-state index contributed by atoms with van der Waals surface area (Å²) >= 11 is 0. The van der Waals surface area contributed by atoms with Gasteiger partial charge in [0.2, 0.25) is 5.91 Å². The molecule has 1 aromatic rings. The van der Waals surface area contributed by atoms with Gasteiger partial charge in [0.25, 0.3) is 0 Å². The number of likely N-dealkylation sites (tertiary alicyclic amines) is 1. The number of carbonyl (C=O) groups is 1. The molecule has 1 heterocycles. The molecule has 0 aromatic heterocycles. The minimum atomic E-state index is -0.164. The predicted molar refractivity (Wildman–Crippen MR) is 78.9 cm³/mol. The topological polar surface area (TPSA) is 20.3 Å². The van der Waals surface area contributed by atoms with E-state index in [0.717, 1.165) is 37.9 Å². The van der Waals surface area contributed by atoms with Crippen molar-refractivity contribution in [2.24, 2.45) is 11.8 Å². The highest BCUT2D eigenvalue weighted by Crippen LogP contribution is 2.23. The molecule has 0 spiro atoms. The van der Waals surface area contributed by atoms with E-state index in [2.05, 4.69) is 0 Å². The lowest BCUT2D eigenvalue weighted by Gasteiger charge is -2.34. The summed E-state index contributed by atoms with van der Waals surface area (Å²) < 4.78 is 13.1. The number of amides is 1. The number of hydrogen-bond acceptors (Lipinski definition) is 1. The summed E-state index contributed by atoms with van der Waals surface area (Å²) in [4.78, 5) is 14.0. The zero-order valence-corrected chi connectivity index (χ0v) is 12.4. The number of nitrogens with zero attached hydrogens (tertiary/aromatic N) is 1. The van der Waals surface area contributed by atoms with E-state index in [1.807, 2.05) is 24.8 Å². The van der Waals surface area contributed by atoms with Crippen LogP contribution in [-0.2, 0) is 11.2 Å². The van der Waals surface area contributed by atoms with Gasteiger partial charge in [0.05, 0.1) is 0 Å². The normalized spacial score (nSPS) is 19.4. The highest BCUT2D eigenvalue weighted by molar-refractivity contribution is 5.78. The predicted octanol–water partition coefficient (Wildman–Crippen LogP) is 3.65. The van der Waals surface area contributed by atoms with Gasteiger partial charge in [0.15, 0.2) is 0 Å². The molecule has 20 heavy (non-hydrogen) atoms. The van der Waals surface area contributed by atoms with Gasteiger partial charge in [0.1, 0.15) is 5.82 Å². The molecule has 1 saturated heterocycles. The average molecular weight is 277 g/mol. The van der Waals surface area contributed by atoms with Crippen LogP contribution < -0.4 is 0 Å². The van der Waals surface area contributed by atoms with E-state index in [1.165, 1.54) is 12.5 Å². The molecule has 1 atom stereocenters. The van der Waals surface area contributed by atoms with Gasteiger partial charge >= 0.3 is 0 Å². The van der Waals surface area contributed by atoms with Crippen LogP contribution >= 0.6 is 0 Å². The summed E-state index contributed by atoms with van der Waals surface area (Å²) in [5, 5.41) is 0. The monoisotopic (exact) mass is 277 g/mol. The summed E-state index contributed by atoms with van der Waals surface area (Å²) in [7, 11) is 0. The first-order chi connectivity index (χ1) is 9.56. The molecule has 1 aliphatic heterocycles. The summed E-state index contributed by atoms with van der Waals surface area (Å²) in [6.45, 7) is 5.68. The standard InChI is InChI=1S/C17H24FNO/c1-13(2)17(20)19-10-4-6-15(12-19)9-8-14-5-3-7-16(18)11-14/h3,5,7,11,13,15H,4,6,8-10,12H2,1-2H3. The van der Waals surface area contributed by atoms with Crippen LogP contribution in [0.25, 0.3) is 0 Å². The summed E-state index contributed by atoms with van der Waals surface area (Å²) in [5.74, 6) is 0.731. The van der Waals surface area contributed by atoms with Gasteiger partial charge in [0, 0.05) is 19.0 Å². The molecule has 0 N–H and O–H groups in total. The lowest BCUT2D eigenvalue weighted by Crippen LogP contribution is -2.42. The van der Waals surface area contributed by atoms with Gasteiger partial charge in [-0.15, -0.1) is 0 Å². The van der Waals surface area contributed by atoms with Crippen LogP contribution in [0, 0.1) is 17.7 Å². The number of carbonyl (C=O) groups excluding carboxylic acids is 1. The van der Waals surface area contributed by atoms with Crippen molar-refractivity contribution in [2.45, 2.75) is 39.5 Å². The molecule has 1 aliphatic rings. The van der Waals surface area contributed by atoms with Crippen molar-refractivity contribution in [2.75, 3.05) is 13.1 Å². The van der Waals surface area contributed by atoms with E-state index in [9.17, 15) is 9.18 Å². The van der Waals surface area contributed by atoms with Crippen molar-refractivity contribution in [1.82, 2.24) is 4.90 Å². The van der Waals surface area contributed by atoms with Crippen molar-refractivity contribution in [3.63, 3.8) is 0 Å². The van der Waals surface area contributed by atoms with Gasteiger partial charge in [-0.25, -0.2) is 4.39 Å². The van der Waals surface area contributed by atoms with Crippen molar-refractivity contribution in [3.8, 4) is 0 Å². The highest BCUT2D eigenvalue weighted by atomic mass is 19.1. The Hall–Kier alpha value is -1.38. The van der Waals surface area contributed by atoms with Crippen molar-refractivity contribution in [3.05, 3.63) is 35.6 Å². The minimum Gasteiger partial charge on any atom is -0.342 e. The second kappa shape index (κ2) is 6.87. The Kier molecular flexibility index (Phi) is 5.16. The third-order valence-electron chi connectivity index (χ3n) is 4.05. The first-order valence-electron chi connectivity index (χ1n) is 7.59. The lowest BCUT2D eigenvalue weighted by molar-refractivity contribution is -0.136. The first kappa shape index (κ1) is 15.0. The molecule has 3 heteroatoms. The Morgan fingerprint density at radius 1 is 1.45 bits per heavy atom. The van der Waals surface area contributed by atoms with Crippen LogP contribution in [0.5, 0.6) is 0 Å². The first-order valence-corrected chi connectivity index (χ1v) is 7.59. The molecule has 0 bridgehead atoms. The Balaban J connectivity index is 1.85. The third-order valence-corrected chi connectivity index (χ3v) is 4.05. The Labute approximate surface area is 121 Å². The SMILES string of the molecule is CC(C)C(=O)N1CCCC(CCc2cccc(F)c2)C1. The molecule has 2 rings (SSSR count). The number of piperidine rings is 1. The molecule has 110 valence electrons. The van der Waals surface area contributed by atoms with Gasteiger partial charge in [-0.2, -0.15) is 0 Å². The van der Waals surface area contributed by atoms with E-state index in [4.69, 9.17) is 0 Å². The molecular weight excluding hydrogens is 253 g/mol. The molecule has 0 saturated carbocycles. The van der Waals surface area contributed by atoms with Crippen LogP contribution in [0.3, 0.4) is 0 Å². The molecule has 0 aliphatic carbocycles. The van der Waals surface area contributed by atoms with Crippen LogP contribution in [0.4, 0.5) is 4.39 Å². The zero-order valence-electron chi connectivity index (χ0n) is 12.4. The number of hydrogen-bond donors (Lipinski definition) is 0. The zero-order chi connectivity index (χ0) is 14.5. The maximum atomic E-state index is 13.1. The Morgan fingerprint density at radius 2 is 2.25 bits per heavy atom. The summed E-state index contributed by atoms with van der Waals surface area (Å²) in [6.07, 6.45) is 4.20. The summed E-state index contributed by atoms with van der Waals surface area (Å²) in [6, 6.07) is 6.83. The molecule has 1 unspecified atom stereocenters. The molecule has 1 aromatic carbocycles. The van der Waals surface area contributed by atoms with E-state index >= 15 is 0 Å². The third kappa shape index (κ3) is 4.06. The lowest BCUT2D eigenvalue weighted by atomic mass is 9.91. The second-order valence-corrected chi connectivity index (χ2v) is 6.12. The number of rotatable bonds is 4. The van der Waals surface area contributed by atoms with Crippen LogP contribution in [0.2, 0.25) is 0 Å². The van der Waals surface area contributed by atoms with Crippen LogP contribution in [0.15, 0.2) is 24.3 Å². The fraction of sp³-hybridized carbons (Fsp3) is 0.588. The highest BCUT2D eigenvalue weighted by Gasteiger charge is 2.24. The largest absolute Gasteiger partial charge is 0.342 e. The quantitative estimate of drug-likeness (QED) is 0.822. The average Bonchev–Trinajstić information content (AvgIpc) is 2.44.